The molecule has 1 aromatic carbocycles. The minimum atomic E-state index is -0.734. The van der Waals surface area contributed by atoms with Crippen LogP contribution >= 0.6 is 0 Å². The number of amides is 2. The van der Waals surface area contributed by atoms with Crippen molar-refractivity contribution in [2.24, 2.45) is 0 Å². The van der Waals surface area contributed by atoms with Gasteiger partial charge in [-0.05, 0) is 50.2 Å². The molecular formula is C15H20FN3O2. The summed E-state index contributed by atoms with van der Waals surface area (Å²) in [5.74, 6) is -1.79. The Morgan fingerprint density at radius 2 is 2.00 bits per heavy atom. The molecule has 0 aromatic heterocycles. The number of anilines is 1. The second kappa shape index (κ2) is 7.17. The van der Waals surface area contributed by atoms with Crippen LogP contribution in [0.3, 0.4) is 0 Å². The van der Waals surface area contributed by atoms with Gasteiger partial charge in [0.25, 0.3) is 0 Å². The van der Waals surface area contributed by atoms with Gasteiger partial charge in [-0.1, -0.05) is 6.92 Å². The number of halogens is 1. The monoisotopic (exact) mass is 293 g/mol. The third-order valence-corrected chi connectivity index (χ3v) is 3.71. The summed E-state index contributed by atoms with van der Waals surface area (Å²) >= 11 is 0. The lowest BCUT2D eigenvalue weighted by atomic mass is 10.2. The first-order chi connectivity index (χ1) is 10.1. The Hall–Kier alpha value is -1.95. The fourth-order valence-corrected chi connectivity index (χ4v) is 2.55. The molecule has 2 rings (SSSR count). The Kier molecular flexibility index (Phi) is 5.27. The van der Waals surface area contributed by atoms with Crippen LogP contribution in [0.2, 0.25) is 0 Å². The van der Waals surface area contributed by atoms with E-state index in [1.807, 2.05) is 0 Å². The van der Waals surface area contributed by atoms with Crippen molar-refractivity contribution in [3.05, 3.63) is 30.1 Å². The summed E-state index contributed by atoms with van der Waals surface area (Å²) < 4.78 is 12.7. The van der Waals surface area contributed by atoms with Crippen LogP contribution in [0.25, 0.3) is 0 Å². The SMILES string of the molecule is CCN1CCCC1CNC(=O)C(=O)Nc1ccc(F)cc1. The highest BCUT2D eigenvalue weighted by molar-refractivity contribution is 6.39. The summed E-state index contributed by atoms with van der Waals surface area (Å²) in [6.07, 6.45) is 2.16. The number of likely N-dealkylation sites (tertiary alicyclic amines) is 1. The average Bonchev–Trinajstić information content (AvgIpc) is 2.94. The summed E-state index contributed by atoms with van der Waals surface area (Å²) in [5.41, 5.74) is 0.396. The van der Waals surface area contributed by atoms with Crippen molar-refractivity contribution >= 4 is 17.5 Å². The normalized spacial score (nSPS) is 18.5. The molecule has 0 spiro atoms. The number of nitrogens with one attached hydrogen (secondary N) is 2. The standard InChI is InChI=1S/C15H20FN3O2/c1-2-19-9-3-4-13(19)10-17-14(20)15(21)18-12-7-5-11(16)6-8-12/h5-8,13H,2-4,9-10H2,1H3,(H,17,20)(H,18,21). The van der Waals surface area contributed by atoms with Crippen LogP contribution < -0.4 is 10.6 Å². The molecule has 2 amide bonds. The zero-order chi connectivity index (χ0) is 15.2. The molecule has 1 atom stereocenters. The molecule has 114 valence electrons. The van der Waals surface area contributed by atoms with Gasteiger partial charge in [0.15, 0.2) is 0 Å². The largest absolute Gasteiger partial charge is 0.346 e. The maximum Gasteiger partial charge on any atom is 0.313 e. The lowest BCUT2D eigenvalue weighted by Crippen LogP contribution is -2.43. The Balaban J connectivity index is 1.80. The molecule has 0 aliphatic carbocycles. The van der Waals surface area contributed by atoms with Crippen LogP contribution in [0.15, 0.2) is 24.3 Å². The van der Waals surface area contributed by atoms with E-state index in [0.717, 1.165) is 25.9 Å². The summed E-state index contributed by atoms with van der Waals surface area (Å²) in [6.45, 7) is 4.55. The van der Waals surface area contributed by atoms with Gasteiger partial charge < -0.3 is 10.6 Å². The molecule has 1 aliphatic rings. The summed E-state index contributed by atoms with van der Waals surface area (Å²) in [7, 11) is 0. The van der Waals surface area contributed by atoms with E-state index < -0.39 is 17.6 Å². The molecule has 1 saturated heterocycles. The fraction of sp³-hybridized carbons (Fsp3) is 0.467. The molecule has 1 heterocycles. The summed E-state index contributed by atoms with van der Waals surface area (Å²) in [5, 5.41) is 5.09. The maximum atomic E-state index is 12.7. The van der Waals surface area contributed by atoms with E-state index in [9.17, 15) is 14.0 Å². The number of hydrogen-bond acceptors (Lipinski definition) is 3. The third kappa shape index (κ3) is 4.26. The highest BCUT2D eigenvalue weighted by Crippen LogP contribution is 2.15. The number of rotatable bonds is 4. The minimum absolute atomic E-state index is 0.303. The van der Waals surface area contributed by atoms with Crippen LogP contribution in [0.4, 0.5) is 10.1 Å². The topological polar surface area (TPSA) is 61.4 Å². The molecule has 6 heteroatoms. The van der Waals surface area contributed by atoms with Gasteiger partial charge in [0.2, 0.25) is 0 Å². The van der Waals surface area contributed by atoms with Gasteiger partial charge in [-0.15, -0.1) is 0 Å². The third-order valence-electron chi connectivity index (χ3n) is 3.71. The number of benzene rings is 1. The van der Waals surface area contributed by atoms with E-state index in [1.165, 1.54) is 24.3 Å². The van der Waals surface area contributed by atoms with E-state index in [2.05, 4.69) is 22.5 Å². The first kappa shape index (κ1) is 15.4. The highest BCUT2D eigenvalue weighted by atomic mass is 19.1. The molecule has 5 nitrogen and oxygen atoms in total. The van der Waals surface area contributed by atoms with Crippen LogP contribution in [0, 0.1) is 5.82 Å². The van der Waals surface area contributed by atoms with E-state index in [-0.39, 0.29) is 0 Å². The number of hydrogen-bond donors (Lipinski definition) is 2. The average molecular weight is 293 g/mol. The van der Waals surface area contributed by atoms with Gasteiger partial charge in [-0.2, -0.15) is 0 Å². The van der Waals surface area contributed by atoms with Crippen molar-refractivity contribution in [3.8, 4) is 0 Å². The van der Waals surface area contributed by atoms with Crippen LogP contribution in [-0.4, -0.2) is 42.4 Å². The van der Waals surface area contributed by atoms with Gasteiger partial charge >= 0.3 is 11.8 Å². The molecule has 1 unspecified atom stereocenters. The van der Waals surface area contributed by atoms with Crippen molar-refractivity contribution in [2.75, 3.05) is 25.0 Å². The first-order valence-corrected chi connectivity index (χ1v) is 7.19. The zero-order valence-corrected chi connectivity index (χ0v) is 12.1. The number of carbonyl (C=O) groups is 2. The molecule has 0 bridgehead atoms. The smallest absolute Gasteiger partial charge is 0.313 e. The zero-order valence-electron chi connectivity index (χ0n) is 12.1. The lowest BCUT2D eigenvalue weighted by molar-refractivity contribution is -0.136. The minimum Gasteiger partial charge on any atom is -0.346 e. The molecule has 1 fully saturated rings. The Morgan fingerprint density at radius 1 is 1.29 bits per heavy atom. The fourth-order valence-electron chi connectivity index (χ4n) is 2.55. The molecule has 1 aliphatic heterocycles. The van der Waals surface area contributed by atoms with Crippen molar-refractivity contribution < 1.29 is 14.0 Å². The van der Waals surface area contributed by atoms with Gasteiger partial charge in [0.05, 0.1) is 0 Å². The maximum absolute atomic E-state index is 12.7. The molecule has 0 radical (unpaired) electrons. The van der Waals surface area contributed by atoms with Crippen molar-refractivity contribution in [1.29, 1.82) is 0 Å². The molecule has 0 saturated carbocycles. The van der Waals surface area contributed by atoms with Crippen molar-refractivity contribution in [1.82, 2.24) is 10.2 Å². The van der Waals surface area contributed by atoms with Gasteiger partial charge in [-0.25, -0.2) is 4.39 Å². The number of carbonyl (C=O) groups excluding carboxylic acids is 2. The quantitative estimate of drug-likeness (QED) is 0.824. The van der Waals surface area contributed by atoms with Gasteiger partial charge in [0.1, 0.15) is 5.82 Å². The second-order valence-corrected chi connectivity index (χ2v) is 5.10. The molecule has 1 aromatic rings. The predicted octanol–water partition coefficient (Wildman–Crippen LogP) is 1.36. The Bertz CT molecular complexity index is 504. The van der Waals surface area contributed by atoms with Crippen LogP contribution in [0.5, 0.6) is 0 Å². The van der Waals surface area contributed by atoms with E-state index in [0.29, 0.717) is 18.3 Å². The summed E-state index contributed by atoms with van der Waals surface area (Å²) in [6, 6.07) is 5.58. The van der Waals surface area contributed by atoms with Gasteiger partial charge in [0, 0.05) is 18.3 Å². The Morgan fingerprint density at radius 3 is 2.67 bits per heavy atom. The van der Waals surface area contributed by atoms with E-state index >= 15 is 0 Å². The first-order valence-electron chi connectivity index (χ1n) is 7.19. The summed E-state index contributed by atoms with van der Waals surface area (Å²) in [4.78, 5) is 25.8. The number of likely N-dealkylation sites (N-methyl/N-ethyl adjacent to an activating group) is 1. The lowest BCUT2D eigenvalue weighted by Gasteiger charge is -2.22. The van der Waals surface area contributed by atoms with Crippen molar-refractivity contribution in [2.45, 2.75) is 25.8 Å². The molecule has 2 N–H and O–H groups in total. The number of nitrogens with zero attached hydrogens (tertiary/aromatic N) is 1. The van der Waals surface area contributed by atoms with Gasteiger partial charge in [-0.3, -0.25) is 14.5 Å². The Labute approximate surface area is 123 Å². The van der Waals surface area contributed by atoms with E-state index in [4.69, 9.17) is 0 Å². The molecular weight excluding hydrogens is 273 g/mol. The van der Waals surface area contributed by atoms with Crippen molar-refractivity contribution in [3.63, 3.8) is 0 Å². The predicted molar refractivity (Wildman–Crippen MR) is 78.3 cm³/mol. The second-order valence-electron chi connectivity index (χ2n) is 5.10. The molecule has 21 heavy (non-hydrogen) atoms. The van der Waals surface area contributed by atoms with Crippen LogP contribution in [-0.2, 0) is 9.59 Å². The highest BCUT2D eigenvalue weighted by Gasteiger charge is 2.24. The van der Waals surface area contributed by atoms with E-state index in [1.54, 1.807) is 0 Å². The van der Waals surface area contributed by atoms with Crippen LogP contribution in [0.1, 0.15) is 19.8 Å².